The van der Waals surface area contributed by atoms with Crippen LogP contribution in [-0.2, 0) is 13.0 Å². The van der Waals surface area contributed by atoms with Crippen LogP contribution in [0.3, 0.4) is 0 Å². The summed E-state index contributed by atoms with van der Waals surface area (Å²) in [7, 11) is 0. The lowest BCUT2D eigenvalue weighted by Gasteiger charge is -2.32. The quantitative estimate of drug-likeness (QED) is 0.223. The first-order chi connectivity index (χ1) is 19.4. The SMILES string of the molecule is Cc1nc2c(OCc3ccccc3)cccn2c(=O)c1CCN1CCC(/C(=N/O)C2=C(F)CC=C(F)C=C2)CC1. The monoisotopic (exact) mass is 546 g/mol. The molecule has 1 N–H and O–H groups in total. The van der Waals surface area contributed by atoms with Gasteiger partial charge >= 0.3 is 0 Å². The molecular weight excluding hydrogens is 514 g/mol. The van der Waals surface area contributed by atoms with E-state index < -0.39 is 11.7 Å². The maximum Gasteiger partial charge on any atom is 0.261 e. The molecule has 7 nitrogen and oxygen atoms in total. The lowest BCUT2D eigenvalue weighted by Crippen LogP contribution is -2.38. The molecule has 0 radical (unpaired) electrons. The zero-order chi connectivity index (χ0) is 28.1. The van der Waals surface area contributed by atoms with E-state index in [0.29, 0.717) is 68.2 Å². The van der Waals surface area contributed by atoms with Gasteiger partial charge in [0.1, 0.15) is 18.3 Å². The molecule has 9 heteroatoms. The highest BCUT2D eigenvalue weighted by Gasteiger charge is 2.28. The Hall–Kier alpha value is -4.11. The fourth-order valence-corrected chi connectivity index (χ4v) is 5.31. The number of nitrogens with zero attached hydrogens (tertiary/aromatic N) is 4. The van der Waals surface area contributed by atoms with Crippen LogP contribution in [0.25, 0.3) is 5.65 Å². The van der Waals surface area contributed by atoms with E-state index in [4.69, 9.17) is 9.72 Å². The lowest BCUT2D eigenvalue weighted by atomic mass is 9.87. The minimum Gasteiger partial charge on any atom is -0.485 e. The highest BCUT2D eigenvalue weighted by atomic mass is 19.1. The van der Waals surface area contributed by atoms with E-state index >= 15 is 0 Å². The van der Waals surface area contributed by atoms with Crippen molar-refractivity contribution in [3.05, 3.63) is 111 Å². The zero-order valence-corrected chi connectivity index (χ0v) is 22.4. The molecule has 0 atom stereocenters. The summed E-state index contributed by atoms with van der Waals surface area (Å²) in [5.41, 5.74) is 3.15. The number of hydrogen-bond donors (Lipinski definition) is 1. The third-order valence-electron chi connectivity index (χ3n) is 7.57. The first kappa shape index (κ1) is 27.5. The highest BCUT2D eigenvalue weighted by Crippen LogP contribution is 2.28. The third kappa shape index (κ3) is 6.04. The molecule has 1 saturated heterocycles. The largest absolute Gasteiger partial charge is 0.485 e. The molecule has 0 saturated carbocycles. The van der Waals surface area contributed by atoms with Gasteiger partial charge in [0.2, 0.25) is 0 Å². The number of aryl methyl sites for hydroxylation is 1. The minimum absolute atomic E-state index is 0.111. The molecule has 0 bridgehead atoms. The standard InChI is InChI=1S/C31H32F2N4O3/c1-21-25(31(38)37-16-5-8-28(30(37)34-21)40-20-22-6-3-2-4-7-22)15-19-36-17-13-23(14-18-36)29(35-39)26-11-9-24(32)10-12-27(26)33/h2-11,16,23,39H,12-15,17-20H2,1H3/b35-29-. The number of ether oxygens (including phenoxy) is 1. The average Bonchev–Trinajstić information content (AvgIpc) is 3.14. The van der Waals surface area contributed by atoms with E-state index in [9.17, 15) is 18.8 Å². The Kier molecular flexibility index (Phi) is 8.50. The number of pyridine rings is 1. The number of allylic oxidation sites excluding steroid dienone is 6. The summed E-state index contributed by atoms with van der Waals surface area (Å²) in [5, 5.41) is 13.1. The van der Waals surface area contributed by atoms with Crippen LogP contribution in [0.2, 0.25) is 0 Å². The topological polar surface area (TPSA) is 79.4 Å². The van der Waals surface area contributed by atoms with Crippen molar-refractivity contribution in [2.24, 2.45) is 11.1 Å². The molecular formula is C31H32F2N4O3. The van der Waals surface area contributed by atoms with Crippen molar-refractivity contribution in [3.8, 4) is 5.75 Å². The lowest BCUT2D eigenvalue weighted by molar-refractivity contribution is 0.208. The summed E-state index contributed by atoms with van der Waals surface area (Å²) in [6, 6.07) is 13.4. The number of piperidine rings is 1. The van der Waals surface area contributed by atoms with Crippen LogP contribution in [0.4, 0.5) is 8.78 Å². The molecule has 5 rings (SSSR count). The molecule has 0 amide bonds. The van der Waals surface area contributed by atoms with Crippen LogP contribution in [0, 0.1) is 12.8 Å². The van der Waals surface area contributed by atoms with Gasteiger partial charge in [-0.05, 0) is 75.2 Å². The molecule has 1 aliphatic heterocycles. The number of oxime groups is 1. The first-order valence-electron chi connectivity index (χ1n) is 13.5. The maximum absolute atomic E-state index is 14.6. The Morgan fingerprint density at radius 3 is 2.65 bits per heavy atom. The van der Waals surface area contributed by atoms with E-state index in [1.807, 2.05) is 43.3 Å². The van der Waals surface area contributed by atoms with Crippen LogP contribution in [0.1, 0.15) is 36.1 Å². The van der Waals surface area contributed by atoms with Crippen molar-refractivity contribution < 1.29 is 18.7 Å². The maximum atomic E-state index is 14.6. The predicted octanol–water partition coefficient (Wildman–Crippen LogP) is 5.70. The predicted molar refractivity (Wildman–Crippen MR) is 150 cm³/mol. The second-order valence-corrected chi connectivity index (χ2v) is 10.1. The van der Waals surface area contributed by atoms with Crippen molar-refractivity contribution in [2.45, 2.75) is 39.2 Å². The normalized spacial score (nSPS) is 17.3. The van der Waals surface area contributed by atoms with Crippen molar-refractivity contribution in [1.82, 2.24) is 14.3 Å². The van der Waals surface area contributed by atoms with Crippen LogP contribution in [-0.4, -0.2) is 44.8 Å². The number of rotatable bonds is 8. The van der Waals surface area contributed by atoms with Gasteiger partial charge in [-0.2, -0.15) is 0 Å². The summed E-state index contributed by atoms with van der Waals surface area (Å²) in [5.74, 6) is -0.609. The summed E-state index contributed by atoms with van der Waals surface area (Å²) in [4.78, 5) is 20.4. The van der Waals surface area contributed by atoms with Crippen molar-refractivity contribution in [2.75, 3.05) is 19.6 Å². The number of halogens is 2. The van der Waals surface area contributed by atoms with Crippen molar-refractivity contribution in [3.63, 3.8) is 0 Å². The van der Waals surface area contributed by atoms with Crippen LogP contribution < -0.4 is 10.3 Å². The third-order valence-corrected chi connectivity index (χ3v) is 7.57. The Morgan fingerprint density at radius 1 is 1.12 bits per heavy atom. The molecule has 2 aromatic heterocycles. The summed E-state index contributed by atoms with van der Waals surface area (Å²) in [6.07, 6.45) is 7.11. The smallest absolute Gasteiger partial charge is 0.261 e. The molecule has 2 aliphatic rings. The van der Waals surface area contributed by atoms with E-state index in [2.05, 4.69) is 10.1 Å². The second kappa shape index (κ2) is 12.4. The van der Waals surface area contributed by atoms with Gasteiger partial charge in [0.25, 0.3) is 5.56 Å². The van der Waals surface area contributed by atoms with Crippen LogP contribution >= 0.6 is 0 Å². The molecule has 3 heterocycles. The summed E-state index contributed by atoms with van der Waals surface area (Å²) in [6.45, 7) is 4.30. The molecule has 40 heavy (non-hydrogen) atoms. The number of hydrogen-bond acceptors (Lipinski definition) is 6. The number of likely N-dealkylation sites (tertiary alicyclic amines) is 1. The van der Waals surface area contributed by atoms with Gasteiger partial charge in [-0.15, -0.1) is 0 Å². The zero-order valence-electron chi connectivity index (χ0n) is 22.4. The number of benzene rings is 1. The van der Waals surface area contributed by atoms with Gasteiger partial charge in [-0.25, -0.2) is 13.8 Å². The second-order valence-electron chi connectivity index (χ2n) is 10.1. The van der Waals surface area contributed by atoms with Crippen LogP contribution in [0.5, 0.6) is 5.75 Å². The van der Waals surface area contributed by atoms with Gasteiger partial charge in [0.05, 0.1) is 5.71 Å². The molecule has 3 aromatic rings. The number of fused-ring (bicyclic) bond motifs is 1. The highest BCUT2D eigenvalue weighted by molar-refractivity contribution is 6.04. The van der Waals surface area contributed by atoms with E-state index in [1.54, 1.807) is 16.7 Å². The summed E-state index contributed by atoms with van der Waals surface area (Å²) >= 11 is 0. The number of aromatic nitrogens is 2. The van der Waals surface area contributed by atoms with Gasteiger partial charge in [-0.3, -0.25) is 9.20 Å². The Bertz CT molecular complexity index is 1550. The molecule has 0 unspecified atom stereocenters. The molecule has 1 fully saturated rings. The molecule has 1 aliphatic carbocycles. The molecule has 1 aromatic carbocycles. The molecule has 0 spiro atoms. The fourth-order valence-electron chi connectivity index (χ4n) is 5.31. The van der Waals surface area contributed by atoms with E-state index in [1.165, 1.54) is 18.2 Å². The van der Waals surface area contributed by atoms with Gasteiger partial charge in [-0.1, -0.05) is 35.5 Å². The van der Waals surface area contributed by atoms with E-state index in [0.717, 1.165) is 5.56 Å². The van der Waals surface area contributed by atoms with Gasteiger partial charge in [0, 0.05) is 41.9 Å². The summed E-state index contributed by atoms with van der Waals surface area (Å²) < 4.78 is 35.7. The Morgan fingerprint density at radius 2 is 1.90 bits per heavy atom. The average molecular weight is 547 g/mol. The Balaban J connectivity index is 1.23. The fraction of sp³-hybridized carbons (Fsp3) is 0.323. The van der Waals surface area contributed by atoms with Gasteiger partial charge in [0.15, 0.2) is 11.4 Å². The van der Waals surface area contributed by atoms with Crippen molar-refractivity contribution >= 4 is 11.4 Å². The first-order valence-corrected chi connectivity index (χ1v) is 13.5. The Labute approximate surface area is 231 Å². The van der Waals surface area contributed by atoms with Gasteiger partial charge < -0.3 is 14.8 Å². The van der Waals surface area contributed by atoms with Crippen LogP contribution in [0.15, 0.2) is 94.1 Å². The minimum atomic E-state index is -0.512. The van der Waals surface area contributed by atoms with Crippen molar-refractivity contribution in [1.29, 1.82) is 0 Å². The van der Waals surface area contributed by atoms with E-state index in [-0.39, 0.29) is 29.2 Å². The molecule has 208 valence electrons.